The Bertz CT molecular complexity index is 441. The van der Waals surface area contributed by atoms with Crippen LogP contribution in [0.15, 0.2) is 30.9 Å². The monoisotopic (exact) mass is 273 g/mol. The predicted molar refractivity (Wildman–Crippen MR) is 85.2 cm³/mol. The third-order valence-corrected chi connectivity index (χ3v) is 4.31. The summed E-state index contributed by atoms with van der Waals surface area (Å²) < 4.78 is 0. The quantitative estimate of drug-likeness (QED) is 0.601. The molecule has 1 N–H and O–H groups in total. The van der Waals surface area contributed by atoms with Crippen molar-refractivity contribution in [1.29, 1.82) is 0 Å². The highest BCUT2D eigenvalue weighted by Gasteiger charge is 2.24. The number of phenolic OH excluding ortho intramolecular Hbond substituents is 1. The Morgan fingerprint density at radius 1 is 1.40 bits per heavy atom. The fourth-order valence-electron chi connectivity index (χ4n) is 3.28. The van der Waals surface area contributed by atoms with Gasteiger partial charge in [0.15, 0.2) is 0 Å². The third kappa shape index (κ3) is 3.63. The van der Waals surface area contributed by atoms with Gasteiger partial charge in [-0.2, -0.15) is 0 Å². The molecule has 2 heteroatoms. The van der Waals surface area contributed by atoms with Crippen LogP contribution in [-0.4, -0.2) is 29.1 Å². The minimum absolute atomic E-state index is 0.481. The van der Waals surface area contributed by atoms with Crippen LogP contribution in [0.2, 0.25) is 0 Å². The summed E-state index contributed by atoms with van der Waals surface area (Å²) in [5.41, 5.74) is 2.51. The van der Waals surface area contributed by atoms with Crippen molar-refractivity contribution in [3.63, 3.8) is 0 Å². The van der Waals surface area contributed by atoms with E-state index in [0.29, 0.717) is 11.8 Å². The van der Waals surface area contributed by atoms with Crippen LogP contribution in [0.3, 0.4) is 0 Å². The summed E-state index contributed by atoms with van der Waals surface area (Å²) in [7, 11) is 0. The number of allylic oxidation sites excluding steroid dienone is 1. The SMILES string of the molecule is C=CCCCN(CCC)[C@@H]1CCc2c(O)cccc2C1. The van der Waals surface area contributed by atoms with Crippen LogP contribution in [0.4, 0.5) is 0 Å². The van der Waals surface area contributed by atoms with E-state index >= 15 is 0 Å². The largest absolute Gasteiger partial charge is 0.508 e. The second-order valence-corrected chi connectivity index (χ2v) is 5.78. The highest BCUT2D eigenvalue weighted by atomic mass is 16.3. The Labute approximate surface area is 123 Å². The molecule has 0 saturated carbocycles. The van der Waals surface area contributed by atoms with Crippen molar-refractivity contribution < 1.29 is 5.11 Å². The van der Waals surface area contributed by atoms with Crippen LogP contribution >= 0.6 is 0 Å². The molecule has 0 radical (unpaired) electrons. The molecule has 1 aromatic carbocycles. The Kier molecular flexibility index (Phi) is 5.66. The van der Waals surface area contributed by atoms with E-state index in [9.17, 15) is 5.11 Å². The van der Waals surface area contributed by atoms with Gasteiger partial charge in [-0.05, 0) is 68.8 Å². The number of nitrogens with zero attached hydrogens (tertiary/aromatic N) is 1. The minimum atomic E-state index is 0.481. The van der Waals surface area contributed by atoms with Crippen molar-refractivity contribution in [1.82, 2.24) is 4.90 Å². The second-order valence-electron chi connectivity index (χ2n) is 5.78. The zero-order valence-corrected chi connectivity index (χ0v) is 12.6. The lowest BCUT2D eigenvalue weighted by molar-refractivity contribution is 0.177. The molecule has 1 aromatic rings. The van der Waals surface area contributed by atoms with E-state index in [1.807, 2.05) is 18.2 Å². The molecular weight excluding hydrogens is 246 g/mol. The smallest absolute Gasteiger partial charge is 0.119 e. The first kappa shape index (κ1) is 15.1. The molecule has 0 unspecified atom stereocenters. The maximum atomic E-state index is 9.93. The van der Waals surface area contributed by atoms with Gasteiger partial charge in [0.25, 0.3) is 0 Å². The fourth-order valence-corrected chi connectivity index (χ4v) is 3.28. The molecule has 0 saturated heterocycles. The lowest BCUT2D eigenvalue weighted by Crippen LogP contribution is -2.40. The summed E-state index contributed by atoms with van der Waals surface area (Å²) >= 11 is 0. The van der Waals surface area contributed by atoms with E-state index in [2.05, 4.69) is 24.5 Å². The Hall–Kier alpha value is -1.28. The molecular formula is C18H27NO. The summed E-state index contributed by atoms with van der Waals surface area (Å²) in [6.45, 7) is 8.40. The highest BCUT2D eigenvalue weighted by Crippen LogP contribution is 2.30. The number of aromatic hydroxyl groups is 1. The maximum absolute atomic E-state index is 9.93. The molecule has 1 aliphatic rings. The van der Waals surface area contributed by atoms with Gasteiger partial charge in [0.1, 0.15) is 5.75 Å². The topological polar surface area (TPSA) is 23.5 Å². The van der Waals surface area contributed by atoms with Crippen molar-refractivity contribution in [2.75, 3.05) is 13.1 Å². The minimum Gasteiger partial charge on any atom is -0.508 e. The lowest BCUT2D eigenvalue weighted by Gasteiger charge is -2.35. The van der Waals surface area contributed by atoms with Gasteiger partial charge in [0, 0.05) is 6.04 Å². The summed E-state index contributed by atoms with van der Waals surface area (Å²) in [4.78, 5) is 2.64. The van der Waals surface area contributed by atoms with Gasteiger partial charge in [0.2, 0.25) is 0 Å². The van der Waals surface area contributed by atoms with Crippen LogP contribution in [-0.2, 0) is 12.8 Å². The van der Waals surface area contributed by atoms with Crippen molar-refractivity contribution >= 4 is 0 Å². The predicted octanol–water partition coefficient (Wildman–Crippen LogP) is 3.93. The van der Waals surface area contributed by atoms with Gasteiger partial charge in [-0.25, -0.2) is 0 Å². The molecule has 0 aromatic heterocycles. The van der Waals surface area contributed by atoms with E-state index in [4.69, 9.17) is 0 Å². The van der Waals surface area contributed by atoms with E-state index in [1.54, 1.807) is 0 Å². The van der Waals surface area contributed by atoms with Gasteiger partial charge in [-0.1, -0.05) is 25.1 Å². The van der Waals surface area contributed by atoms with Gasteiger partial charge in [-0.3, -0.25) is 0 Å². The molecule has 20 heavy (non-hydrogen) atoms. The number of rotatable bonds is 7. The number of hydrogen-bond acceptors (Lipinski definition) is 2. The van der Waals surface area contributed by atoms with Crippen molar-refractivity contribution in [2.24, 2.45) is 0 Å². The first-order valence-electron chi connectivity index (χ1n) is 7.91. The zero-order valence-electron chi connectivity index (χ0n) is 12.6. The first-order chi connectivity index (χ1) is 9.76. The zero-order chi connectivity index (χ0) is 14.4. The summed E-state index contributed by atoms with van der Waals surface area (Å²) in [5, 5.41) is 9.93. The molecule has 0 fully saturated rings. The number of unbranched alkanes of at least 4 members (excludes halogenated alkanes) is 1. The van der Waals surface area contributed by atoms with Gasteiger partial charge in [0.05, 0.1) is 0 Å². The van der Waals surface area contributed by atoms with Crippen molar-refractivity contribution in [3.8, 4) is 5.75 Å². The molecule has 110 valence electrons. The van der Waals surface area contributed by atoms with Crippen LogP contribution in [0.1, 0.15) is 43.7 Å². The summed E-state index contributed by atoms with van der Waals surface area (Å²) in [6, 6.07) is 6.59. The highest BCUT2D eigenvalue weighted by molar-refractivity contribution is 5.41. The van der Waals surface area contributed by atoms with Crippen LogP contribution in [0.25, 0.3) is 0 Å². The maximum Gasteiger partial charge on any atom is 0.119 e. The van der Waals surface area contributed by atoms with E-state index in [1.165, 1.54) is 43.5 Å². The summed E-state index contributed by atoms with van der Waals surface area (Å²) in [6.07, 6.45) is 8.78. The molecule has 2 rings (SSSR count). The van der Waals surface area contributed by atoms with Gasteiger partial charge in [-0.15, -0.1) is 6.58 Å². The lowest BCUT2D eigenvalue weighted by atomic mass is 9.86. The molecule has 1 aliphatic carbocycles. The summed E-state index contributed by atoms with van der Waals surface area (Å²) in [5.74, 6) is 0.481. The first-order valence-corrected chi connectivity index (χ1v) is 7.91. The Morgan fingerprint density at radius 2 is 2.25 bits per heavy atom. The second kappa shape index (κ2) is 7.49. The average Bonchev–Trinajstić information content (AvgIpc) is 2.46. The number of hydrogen-bond donors (Lipinski definition) is 1. The van der Waals surface area contributed by atoms with Gasteiger partial charge < -0.3 is 10.0 Å². The molecule has 0 heterocycles. The molecule has 0 bridgehead atoms. The normalized spacial score (nSPS) is 18.0. The standard InChI is InChI=1S/C18H27NO/c1-3-5-6-13-19(12-4-2)16-10-11-17-15(14-16)8-7-9-18(17)20/h3,7-9,16,20H,1,4-6,10-14H2,2H3/t16-/m1/s1. The molecule has 1 atom stereocenters. The number of phenols is 1. The number of fused-ring (bicyclic) bond motifs is 1. The third-order valence-electron chi connectivity index (χ3n) is 4.31. The van der Waals surface area contributed by atoms with Gasteiger partial charge >= 0.3 is 0 Å². The van der Waals surface area contributed by atoms with E-state index in [-0.39, 0.29) is 0 Å². The molecule has 0 aliphatic heterocycles. The van der Waals surface area contributed by atoms with E-state index in [0.717, 1.165) is 19.3 Å². The Morgan fingerprint density at radius 3 is 3.00 bits per heavy atom. The molecule has 2 nitrogen and oxygen atoms in total. The van der Waals surface area contributed by atoms with Crippen LogP contribution in [0, 0.1) is 0 Å². The van der Waals surface area contributed by atoms with Crippen molar-refractivity contribution in [2.45, 2.75) is 51.5 Å². The Balaban J connectivity index is 2.02. The van der Waals surface area contributed by atoms with E-state index < -0.39 is 0 Å². The molecule has 0 spiro atoms. The van der Waals surface area contributed by atoms with Crippen LogP contribution in [0.5, 0.6) is 5.75 Å². The number of benzene rings is 1. The van der Waals surface area contributed by atoms with Crippen LogP contribution < -0.4 is 0 Å². The average molecular weight is 273 g/mol. The molecule has 0 amide bonds. The van der Waals surface area contributed by atoms with Crippen molar-refractivity contribution in [3.05, 3.63) is 42.0 Å². The fraction of sp³-hybridized carbons (Fsp3) is 0.556.